The molecule has 0 aliphatic rings. The summed E-state index contributed by atoms with van der Waals surface area (Å²) in [5.41, 5.74) is 1.72. The Bertz CT molecular complexity index is 1080. The van der Waals surface area contributed by atoms with E-state index in [2.05, 4.69) is 15.6 Å². The van der Waals surface area contributed by atoms with E-state index in [0.29, 0.717) is 27.8 Å². The van der Waals surface area contributed by atoms with E-state index in [1.165, 1.54) is 18.0 Å². The molecule has 0 atom stereocenters. The average molecular weight is 423 g/mol. The molecule has 3 aromatic rings. The second kappa shape index (κ2) is 9.19. The SMILES string of the molecule is CC(=O)N(C)c1ccc(C(=O)Nc2ccccc2C(=O)Nc2ccc(Cl)cn2)cc1. The summed E-state index contributed by atoms with van der Waals surface area (Å²) in [7, 11) is 1.65. The van der Waals surface area contributed by atoms with Crippen LogP contribution < -0.4 is 15.5 Å². The van der Waals surface area contributed by atoms with Crippen molar-refractivity contribution in [3.63, 3.8) is 0 Å². The first-order valence-corrected chi connectivity index (χ1v) is 9.40. The molecule has 152 valence electrons. The first kappa shape index (κ1) is 21.0. The molecule has 2 N–H and O–H groups in total. The number of para-hydroxylation sites is 1. The topological polar surface area (TPSA) is 91.4 Å². The van der Waals surface area contributed by atoms with Gasteiger partial charge in [-0.05, 0) is 48.5 Å². The van der Waals surface area contributed by atoms with E-state index < -0.39 is 5.91 Å². The van der Waals surface area contributed by atoms with Crippen LogP contribution in [0.15, 0.2) is 66.9 Å². The minimum absolute atomic E-state index is 0.109. The largest absolute Gasteiger partial charge is 0.321 e. The van der Waals surface area contributed by atoms with Crippen LogP contribution in [0.2, 0.25) is 5.02 Å². The summed E-state index contributed by atoms with van der Waals surface area (Å²) in [6.07, 6.45) is 1.43. The van der Waals surface area contributed by atoms with Crippen molar-refractivity contribution in [3.8, 4) is 0 Å². The van der Waals surface area contributed by atoms with Crippen LogP contribution >= 0.6 is 11.6 Å². The van der Waals surface area contributed by atoms with Crippen molar-refractivity contribution in [1.29, 1.82) is 0 Å². The standard InChI is InChI=1S/C22H19ClN4O3/c1-14(28)27(2)17-10-7-15(8-11-17)21(29)25-19-6-4-3-5-18(19)22(30)26-20-12-9-16(23)13-24-20/h3-13H,1-2H3,(H,25,29)(H,24,26,30). The monoisotopic (exact) mass is 422 g/mol. The van der Waals surface area contributed by atoms with Gasteiger partial charge in [0.1, 0.15) is 5.82 Å². The molecule has 30 heavy (non-hydrogen) atoms. The highest BCUT2D eigenvalue weighted by Crippen LogP contribution is 2.20. The smallest absolute Gasteiger partial charge is 0.258 e. The minimum atomic E-state index is -0.417. The van der Waals surface area contributed by atoms with Gasteiger partial charge in [-0.2, -0.15) is 0 Å². The lowest BCUT2D eigenvalue weighted by molar-refractivity contribution is -0.116. The number of nitrogens with one attached hydrogen (secondary N) is 2. The van der Waals surface area contributed by atoms with Gasteiger partial charge in [-0.1, -0.05) is 23.7 Å². The maximum atomic E-state index is 12.6. The zero-order valence-corrected chi connectivity index (χ0v) is 17.1. The number of nitrogens with zero attached hydrogens (tertiary/aromatic N) is 2. The van der Waals surface area contributed by atoms with E-state index in [9.17, 15) is 14.4 Å². The molecular formula is C22H19ClN4O3. The van der Waals surface area contributed by atoms with Crippen LogP contribution in [0.1, 0.15) is 27.6 Å². The normalized spacial score (nSPS) is 10.2. The summed E-state index contributed by atoms with van der Waals surface area (Å²) in [4.78, 5) is 42.3. The van der Waals surface area contributed by atoms with Crippen molar-refractivity contribution < 1.29 is 14.4 Å². The van der Waals surface area contributed by atoms with Crippen LogP contribution in [0, 0.1) is 0 Å². The molecule has 2 aromatic carbocycles. The third kappa shape index (κ3) is 5.01. The van der Waals surface area contributed by atoms with Gasteiger partial charge >= 0.3 is 0 Å². The molecular weight excluding hydrogens is 404 g/mol. The Morgan fingerprint density at radius 2 is 1.60 bits per heavy atom. The zero-order chi connectivity index (χ0) is 21.7. The fourth-order valence-corrected chi connectivity index (χ4v) is 2.75. The molecule has 7 nitrogen and oxygen atoms in total. The minimum Gasteiger partial charge on any atom is -0.321 e. The van der Waals surface area contributed by atoms with E-state index in [4.69, 9.17) is 11.6 Å². The highest BCUT2D eigenvalue weighted by Gasteiger charge is 2.15. The molecule has 0 aliphatic carbocycles. The predicted octanol–water partition coefficient (Wildman–Crippen LogP) is 4.22. The molecule has 3 amide bonds. The lowest BCUT2D eigenvalue weighted by Crippen LogP contribution is -2.23. The van der Waals surface area contributed by atoms with Gasteiger partial charge in [0.2, 0.25) is 5.91 Å². The fourth-order valence-electron chi connectivity index (χ4n) is 2.64. The van der Waals surface area contributed by atoms with Crippen molar-refractivity contribution in [2.45, 2.75) is 6.92 Å². The van der Waals surface area contributed by atoms with Crippen LogP contribution in [0.5, 0.6) is 0 Å². The van der Waals surface area contributed by atoms with Crippen LogP contribution in [0.3, 0.4) is 0 Å². The van der Waals surface area contributed by atoms with Crippen molar-refractivity contribution in [2.75, 3.05) is 22.6 Å². The number of halogens is 1. The van der Waals surface area contributed by atoms with Crippen molar-refractivity contribution in [3.05, 3.63) is 83.0 Å². The molecule has 0 aliphatic heterocycles. The van der Waals surface area contributed by atoms with Gasteiger partial charge < -0.3 is 15.5 Å². The van der Waals surface area contributed by atoms with Crippen LogP contribution in [-0.4, -0.2) is 29.8 Å². The van der Waals surface area contributed by atoms with E-state index in [0.717, 1.165) is 0 Å². The van der Waals surface area contributed by atoms with Gasteiger partial charge in [0.25, 0.3) is 11.8 Å². The number of hydrogen-bond acceptors (Lipinski definition) is 4. The highest BCUT2D eigenvalue weighted by molar-refractivity contribution is 6.30. The third-order valence-corrected chi connectivity index (χ3v) is 4.60. The van der Waals surface area contributed by atoms with Crippen LogP contribution in [0.4, 0.5) is 17.2 Å². The Hall–Kier alpha value is -3.71. The first-order valence-electron chi connectivity index (χ1n) is 9.03. The molecule has 0 spiro atoms. The molecule has 1 heterocycles. The Balaban J connectivity index is 1.75. The Labute approximate surface area is 178 Å². The Morgan fingerprint density at radius 3 is 2.23 bits per heavy atom. The van der Waals surface area contributed by atoms with Gasteiger partial charge in [-0.15, -0.1) is 0 Å². The molecule has 0 saturated heterocycles. The lowest BCUT2D eigenvalue weighted by Gasteiger charge is -2.15. The van der Waals surface area contributed by atoms with Gasteiger partial charge in [0.05, 0.1) is 16.3 Å². The Morgan fingerprint density at radius 1 is 0.900 bits per heavy atom. The van der Waals surface area contributed by atoms with E-state index in [-0.39, 0.29) is 17.4 Å². The summed E-state index contributed by atoms with van der Waals surface area (Å²) in [5, 5.41) is 5.88. The van der Waals surface area contributed by atoms with Gasteiger partial charge in [0.15, 0.2) is 0 Å². The molecule has 1 aromatic heterocycles. The number of carbonyl (C=O) groups excluding carboxylic acids is 3. The van der Waals surface area contributed by atoms with Crippen LogP contribution in [-0.2, 0) is 4.79 Å². The number of benzene rings is 2. The number of aromatic nitrogens is 1. The van der Waals surface area contributed by atoms with E-state index >= 15 is 0 Å². The molecule has 0 unspecified atom stereocenters. The first-order chi connectivity index (χ1) is 14.3. The second-order valence-electron chi connectivity index (χ2n) is 6.44. The summed E-state index contributed by atoms with van der Waals surface area (Å²) in [6, 6.07) is 16.5. The number of hydrogen-bond donors (Lipinski definition) is 2. The van der Waals surface area contributed by atoms with Crippen molar-refractivity contribution >= 4 is 46.5 Å². The zero-order valence-electron chi connectivity index (χ0n) is 16.3. The molecule has 8 heteroatoms. The van der Waals surface area contributed by atoms with Gasteiger partial charge in [-0.3, -0.25) is 14.4 Å². The fraction of sp³-hybridized carbons (Fsp3) is 0.0909. The van der Waals surface area contributed by atoms with Gasteiger partial charge in [0, 0.05) is 31.4 Å². The van der Waals surface area contributed by atoms with E-state index in [1.807, 2.05) is 0 Å². The predicted molar refractivity (Wildman–Crippen MR) is 117 cm³/mol. The molecule has 0 fully saturated rings. The summed E-state index contributed by atoms with van der Waals surface area (Å²) >= 11 is 5.81. The van der Waals surface area contributed by atoms with Crippen molar-refractivity contribution in [1.82, 2.24) is 4.98 Å². The number of anilines is 3. The summed E-state index contributed by atoms with van der Waals surface area (Å²) in [5.74, 6) is -0.561. The third-order valence-electron chi connectivity index (χ3n) is 4.38. The highest BCUT2D eigenvalue weighted by atomic mass is 35.5. The molecule has 0 radical (unpaired) electrons. The average Bonchev–Trinajstić information content (AvgIpc) is 2.75. The maximum absolute atomic E-state index is 12.6. The molecule has 3 rings (SSSR count). The van der Waals surface area contributed by atoms with E-state index in [1.54, 1.807) is 67.7 Å². The number of rotatable bonds is 5. The Kier molecular flexibility index (Phi) is 6.44. The number of carbonyl (C=O) groups is 3. The molecule has 0 bridgehead atoms. The van der Waals surface area contributed by atoms with Gasteiger partial charge in [-0.25, -0.2) is 4.98 Å². The van der Waals surface area contributed by atoms with Crippen molar-refractivity contribution in [2.24, 2.45) is 0 Å². The summed E-state index contributed by atoms with van der Waals surface area (Å²) in [6.45, 7) is 1.46. The lowest BCUT2D eigenvalue weighted by atomic mass is 10.1. The number of pyridine rings is 1. The second-order valence-corrected chi connectivity index (χ2v) is 6.88. The quantitative estimate of drug-likeness (QED) is 0.643. The summed E-state index contributed by atoms with van der Waals surface area (Å²) < 4.78 is 0. The van der Waals surface area contributed by atoms with Crippen LogP contribution in [0.25, 0.3) is 0 Å². The molecule has 0 saturated carbocycles. The maximum Gasteiger partial charge on any atom is 0.258 e. The number of amides is 3.